The molecule has 0 aromatic heterocycles. The zero-order valence-electron chi connectivity index (χ0n) is 5.71. The van der Waals surface area contributed by atoms with E-state index in [4.69, 9.17) is 0 Å². The van der Waals surface area contributed by atoms with Crippen molar-refractivity contribution >= 4 is 35.2 Å². The number of rotatable bonds is 1. The number of thiocarbonyl (C=S) groups is 1. The summed E-state index contributed by atoms with van der Waals surface area (Å²) >= 11 is 4.47. The molecule has 1 atom stereocenters. The number of allylic oxidation sites excluding steroid dienone is 1. The molecule has 1 nitrogen and oxygen atoms in total. The van der Waals surface area contributed by atoms with E-state index in [0.717, 1.165) is 0 Å². The summed E-state index contributed by atoms with van der Waals surface area (Å²) in [6, 6.07) is 0. The molecule has 1 rings (SSSR count). The van der Waals surface area contributed by atoms with E-state index in [1.165, 1.54) is 18.4 Å². The Hall–Kier alpha value is -0.360. The fourth-order valence-electron chi connectivity index (χ4n) is 0.657. The van der Waals surface area contributed by atoms with Gasteiger partial charge in [0.1, 0.15) is 4.99 Å². The lowest BCUT2D eigenvalue weighted by Gasteiger charge is -2.14. The van der Waals surface area contributed by atoms with Gasteiger partial charge in [0, 0.05) is 6.21 Å². The number of dihydropyridines is 1. The van der Waals surface area contributed by atoms with Crippen molar-refractivity contribution in [3.05, 3.63) is 12.2 Å². The number of thioether (sulfide) groups is 1. The molecule has 1 heterocycles. The van der Waals surface area contributed by atoms with Gasteiger partial charge in [0.25, 0.3) is 0 Å². The van der Waals surface area contributed by atoms with E-state index in [0.29, 0.717) is 0 Å². The van der Waals surface area contributed by atoms with Crippen molar-refractivity contribution < 1.29 is 13.2 Å². The second kappa shape index (κ2) is 3.57. The van der Waals surface area contributed by atoms with E-state index >= 15 is 0 Å². The maximum Gasteiger partial charge on any atom is 0.442 e. The number of nitrogens with zero attached hydrogens (tertiary/aromatic N) is 1. The molecule has 66 valence electrons. The molecule has 0 N–H and O–H groups in total. The fraction of sp³-hybridized carbons (Fsp3) is 0.333. The average Bonchev–Trinajstić information content (AvgIpc) is 1.91. The molecular weight excluding hydrogens is 207 g/mol. The van der Waals surface area contributed by atoms with Crippen LogP contribution in [0, 0.1) is 0 Å². The number of alkyl halides is 3. The molecule has 1 aliphatic rings. The Labute approximate surface area is 76.7 Å². The third-order valence-corrected chi connectivity index (χ3v) is 2.49. The second-order valence-electron chi connectivity index (χ2n) is 1.99. The highest BCUT2D eigenvalue weighted by Gasteiger charge is 2.34. The van der Waals surface area contributed by atoms with Crippen LogP contribution in [0.2, 0.25) is 0 Å². The minimum atomic E-state index is -4.26. The van der Waals surface area contributed by atoms with E-state index in [1.807, 2.05) is 0 Å². The Morgan fingerprint density at radius 2 is 2.17 bits per heavy atom. The Balaban J connectivity index is 2.59. The summed E-state index contributed by atoms with van der Waals surface area (Å²) in [6.45, 7) is 0. The van der Waals surface area contributed by atoms with Gasteiger partial charge in [0.2, 0.25) is 0 Å². The van der Waals surface area contributed by atoms with Crippen LogP contribution in [0.4, 0.5) is 13.2 Å². The van der Waals surface area contributed by atoms with Crippen LogP contribution in [0.3, 0.4) is 0 Å². The fourth-order valence-corrected chi connectivity index (χ4v) is 1.56. The van der Waals surface area contributed by atoms with E-state index in [2.05, 4.69) is 17.2 Å². The number of hydrogen-bond acceptors (Lipinski definition) is 2. The lowest BCUT2D eigenvalue weighted by atomic mass is 10.3. The van der Waals surface area contributed by atoms with Crippen molar-refractivity contribution in [2.24, 2.45) is 4.99 Å². The highest BCUT2D eigenvalue weighted by molar-refractivity contribution is 8.02. The summed E-state index contributed by atoms with van der Waals surface area (Å²) in [5.74, 6) is 0. The van der Waals surface area contributed by atoms with Crippen LogP contribution in [0.15, 0.2) is 17.1 Å². The number of halogens is 3. The Bertz CT molecular complexity index is 244. The smallest absolute Gasteiger partial charge is 0.248 e. The zero-order chi connectivity index (χ0) is 9.19. The van der Waals surface area contributed by atoms with Crippen LogP contribution in [-0.2, 0) is 0 Å². The van der Waals surface area contributed by atoms with Crippen molar-refractivity contribution in [1.82, 2.24) is 0 Å². The summed E-state index contributed by atoms with van der Waals surface area (Å²) in [6.07, 6.45) is 4.22. The molecule has 0 saturated heterocycles. The number of hydrogen-bond donors (Lipinski definition) is 0. The van der Waals surface area contributed by atoms with Crippen molar-refractivity contribution in [3.8, 4) is 0 Å². The first-order valence-electron chi connectivity index (χ1n) is 2.98. The summed E-state index contributed by atoms with van der Waals surface area (Å²) in [5, 5.41) is -0.843. The quantitative estimate of drug-likeness (QED) is 0.618. The van der Waals surface area contributed by atoms with Crippen LogP contribution in [0.5, 0.6) is 0 Å². The predicted octanol–water partition coefficient (Wildman–Crippen LogP) is 2.58. The molecule has 0 amide bonds. The zero-order valence-corrected chi connectivity index (χ0v) is 7.34. The maximum absolute atomic E-state index is 11.8. The third kappa shape index (κ3) is 2.94. The van der Waals surface area contributed by atoms with Crippen LogP contribution in [-0.4, -0.2) is 22.0 Å². The van der Waals surface area contributed by atoms with Crippen LogP contribution in [0.25, 0.3) is 0 Å². The molecular formula is C6H4F3NS2. The van der Waals surface area contributed by atoms with Crippen molar-refractivity contribution in [1.29, 1.82) is 0 Å². The van der Waals surface area contributed by atoms with Gasteiger partial charge in [-0.05, 0) is 17.8 Å². The Morgan fingerprint density at radius 3 is 2.67 bits per heavy atom. The Kier molecular flexibility index (Phi) is 2.89. The van der Waals surface area contributed by atoms with E-state index in [9.17, 15) is 13.2 Å². The van der Waals surface area contributed by atoms with Crippen molar-refractivity contribution in [3.63, 3.8) is 0 Å². The molecule has 0 radical (unpaired) electrons. The van der Waals surface area contributed by atoms with Gasteiger partial charge in [-0.2, -0.15) is 13.2 Å². The molecule has 0 spiro atoms. The lowest BCUT2D eigenvalue weighted by Crippen LogP contribution is -2.18. The summed E-state index contributed by atoms with van der Waals surface area (Å²) in [5.41, 5.74) is -4.26. The van der Waals surface area contributed by atoms with Gasteiger partial charge >= 0.3 is 5.51 Å². The largest absolute Gasteiger partial charge is 0.442 e. The highest BCUT2D eigenvalue weighted by atomic mass is 32.2. The van der Waals surface area contributed by atoms with E-state index in [-0.39, 0.29) is 16.8 Å². The van der Waals surface area contributed by atoms with Gasteiger partial charge in [-0.15, -0.1) is 0 Å². The second-order valence-corrected chi connectivity index (χ2v) is 3.61. The minimum absolute atomic E-state index is 0.0693. The molecule has 6 heteroatoms. The topological polar surface area (TPSA) is 12.4 Å². The molecule has 0 aliphatic carbocycles. The van der Waals surface area contributed by atoms with E-state index in [1.54, 1.807) is 0 Å². The third-order valence-electron chi connectivity index (χ3n) is 1.08. The molecule has 0 saturated carbocycles. The normalized spacial score (nSPS) is 23.2. The van der Waals surface area contributed by atoms with Gasteiger partial charge in [-0.25, -0.2) is 4.99 Å². The van der Waals surface area contributed by atoms with Crippen molar-refractivity contribution in [2.45, 2.75) is 10.8 Å². The van der Waals surface area contributed by atoms with Gasteiger partial charge < -0.3 is 0 Å². The maximum atomic E-state index is 11.8. The molecule has 12 heavy (non-hydrogen) atoms. The standard InChI is InChI=1S/C6H4F3NS2/c7-6(8,9)12-4-2-1-3-10-5(4)11/h1-4H. The molecule has 0 bridgehead atoms. The van der Waals surface area contributed by atoms with Gasteiger partial charge in [0.05, 0.1) is 5.25 Å². The first-order valence-corrected chi connectivity index (χ1v) is 4.27. The molecule has 0 fully saturated rings. The predicted molar refractivity (Wildman–Crippen MR) is 47.7 cm³/mol. The summed E-state index contributed by atoms with van der Waals surface area (Å²) in [4.78, 5) is 3.66. The minimum Gasteiger partial charge on any atom is -0.248 e. The average molecular weight is 211 g/mol. The summed E-state index contributed by atoms with van der Waals surface area (Å²) in [7, 11) is 0. The van der Waals surface area contributed by atoms with Gasteiger partial charge in [0.15, 0.2) is 0 Å². The lowest BCUT2D eigenvalue weighted by molar-refractivity contribution is -0.0328. The molecule has 0 aromatic carbocycles. The van der Waals surface area contributed by atoms with Gasteiger partial charge in [-0.3, -0.25) is 0 Å². The van der Waals surface area contributed by atoms with E-state index < -0.39 is 10.8 Å². The first kappa shape index (κ1) is 9.73. The monoisotopic (exact) mass is 211 g/mol. The molecule has 1 aliphatic heterocycles. The highest BCUT2D eigenvalue weighted by Crippen LogP contribution is 2.35. The van der Waals surface area contributed by atoms with Crippen LogP contribution < -0.4 is 0 Å². The first-order chi connectivity index (χ1) is 5.49. The SMILES string of the molecule is FC(F)(F)SC1C=CC=NC1=S. The van der Waals surface area contributed by atoms with Crippen molar-refractivity contribution in [2.75, 3.05) is 0 Å². The molecule has 0 aromatic rings. The van der Waals surface area contributed by atoms with Crippen LogP contribution in [0.1, 0.15) is 0 Å². The molecule has 1 unspecified atom stereocenters. The Morgan fingerprint density at radius 1 is 1.50 bits per heavy atom. The summed E-state index contributed by atoms with van der Waals surface area (Å²) < 4.78 is 35.5. The van der Waals surface area contributed by atoms with Gasteiger partial charge in [-0.1, -0.05) is 18.3 Å². The number of aliphatic imine (C=N–C) groups is 1. The van der Waals surface area contributed by atoms with Crippen LogP contribution >= 0.6 is 24.0 Å².